The highest BCUT2D eigenvalue weighted by Crippen LogP contribution is 2.62. The fourth-order valence-electron chi connectivity index (χ4n) is 6.02. The number of nitriles is 1. The van der Waals surface area contributed by atoms with Gasteiger partial charge in [0.2, 0.25) is 5.91 Å². The van der Waals surface area contributed by atoms with Crippen molar-refractivity contribution in [3.05, 3.63) is 0 Å². The first-order valence-corrected chi connectivity index (χ1v) is 9.09. The summed E-state index contributed by atoms with van der Waals surface area (Å²) in [5, 5.41) is 22.9. The van der Waals surface area contributed by atoms with E-state index in [0.717, 1.165) is 32.1 Å². The second-order valence-electron chi connectivity index (χ2n) is 8.89. The van der Waals surface area contributed by atoms with Crippen molar-refractivity contribution < 1.29 is 9.90 Å². The molecule has 0 aliphatic heterocycles. The normalized spacial score (nSPS) is 43.7. The van der Waals surface area contributed by atoms with Crippen LogP contribution in [0.2, 0.25) is 0 Å². The first-order chi connectivity index (χ1) is 10.9. The zero-order valence-electron chi connectivity index (χ0n) is 13.6. The lowest BCUT2D eigenvalue weighted by Crippen LogP contribution is -2.64. The summed E-state index contributed by atoms with van der Waals surface area (Å²) in [4.78, 5) is 12.7. The Bertz CT molecular complexity index is 537. The van der Waals surface area contributed by atoms with E-state index in [1.54, 1.807) is 0 Å². The molecule has 5 heteroatoms. The van der Waals surface area contributed by atoms with Gasteiger partial charge in [-0.2, -0.15) is 5.26 Å². The number of carbonyl (C=O) groups is 1. The van der Waals surface area contributed by atoms with Crippen LogP contribution in [-0.2, 0) is 4.79 Å². The van der Waals surface area contributed by atoms with Gasteiger partial charge < -0.3 is 16.2 Å². The van der Waals surface area contributed by atoms with Crippen LogP contribution in [0.1, 0.15) is 57.8 Å². The molecule has 0 aromatic rings. The maximum absolute atomic E-state index is 12.7. The lowest BCUT2D eigenvalue weighted by molar-refractivity contribution is -0.174. The molecule has 4 bridgehead atoms. The Morgan fingerprint density at radius 2 is 1.96 bits per heavy atom. The average Bonchev–Trinajstić information content (AvgIpc) is 3.27. The molecule has 1 amide bonds. The van der Waals surface area contributed by atoms with Crippen molar-refractivity contribution in [1.29, 1.82) is 5.26 Å². The first-order valence-electron chi connectivity index (χ1n) is 9.09. The predicted molar refractivity (Wildman–Crippen MR) is 84.9 cm³/mol. The van der Waals surface area contributed by atoms with E-state index in [0.29, 0.717) is 24.2 Å². The van der Waals surface area contributed by atoms with Crippen molar-refractivity contribution in [1.82, 2.24) is 5.32 Å². The summed E-state index contributed by atoms with van der Waals surface area (Å²) in [7, 11) is 0. The van der Waals surface area contributed by atoms with E-state index in [4.69, 9.17) is 5.73 Å². The molecule has 0 heterocycles. The van der Waals surface area contributed by atoms with Crippen molar-refractivity contribution >= 4 is 5.91 Å². The third-order valence-corrected chi connectivity index (χ3v) is 6.76. The van der Waals surface area contributed by atoms with Gasteiger partial charge in [-0.05, 0) is 68.1 Å². The summed E-state index contributed by atoms with van der Waals surface area (Å²) in [5.41, 5.74) is 5.52. The van der Waals surface area contributed by atoms with Gasteiger partial charge in [0.25, 0.3) is 0 Å². The van der Waals surface area contributed by atoms with E-state index in [1.165, 1.54) is 19.3 Å². The van der Waals surface area contributed by atoms with Crippen LogP contribution in [0.5, 0.6) is 0 Å². The van der Waals surface area contributed by atoms with E-state index in [9.17, 15) is 15.2 Å². The Hall–Kier alpha value is -1.12. The van der Waals surface area contributed by atoms with E-state index < -0.39 is 17.7 Å². The molecule has 4 unspecified atom stereocenters. The minimum Gasteiger partial charge on any atom is -0.390 e. The number of nitrogens with zero attached hydrogens (tertiary/aromatic N) is 1. The van der Waals surface area contributed by atoms with Crippen molar-refractivity contribution in [2.24, 2.45) is 28.9 Å². The van der Waals surface area contributed by atoms with Crippen LogP contribution in [0.15, 0.2) is 0 Å². The molecule has 4 atom stereocenters. The Morgan fingerprint density at radius 1 is 1.30 bits per heavy atom. The zero-order valence-corrected chi connectivity index (χ0v) is 13.6. The highest BCUT2D eigenvalue weighted by Gasteiger charge is 2.60. The Morgan fingerprint density at radius 3 is 2.48 bits per heavy atom. The summed E-state index contributed by atoms with van der Waals surface area (Å²) in [6.07, 6.45) is 8.59. The smallest absolute Gasteiger partial charge is 0.238 e. The Balaban J connectivity index is 1.46. The maximum Gasteiger partial charge on any atom is 0.238 e. The van der Waals surface area contributed by atoms with Gasteiger partial charge in [-0.25, -0.2) is 0 Å². The van der Waals surface area contributed by atoms with Gasteiger partial charge in [-0.3, -0.25) is 4.79 Å². The molecule has 5 fully saturated rings. The molecular formula is C18H27N3O2. The maximum atomic E-state index is 12.7. The summed E-state index contributed by atoms with van der Waals surface area (Å²) in [6.45, 7) is 0. The van der Waals surface area contributed by atoms with Crippen molar-refractivity contribution in [3.8, 4) is 6.07 Å². The molecular weight excluding hydrogens is 290 g/mol. The summed E-state index contributed by atoms with van der Waals surface area (Å²) >= 11 is 0. The van der Waals surface area contributed by atoms with Crippen LogP contribution < -0.4 is 11.1 Å². The lowest BCUT2D eigenvalue weighted by Gasteiger charge is -2.61. The fraction of sp³-hybridized carbons (Fsp3) is 0.889. The van der Waals surface area contributed by atoms with E-state index in [-0.39, 0.29) is 11.3 Å². The fourth-order valence-corrected chi connectivity index (χ4v) is 6.02. The second kappa shape index (κ2) is 5.19. The molecule has 5 nitrogen and oxygen atoms in total. The highest BCUT2D eigenvalue weighted by atomic mass is 16.3. The quantitative estimate of drug-likeness (QED) is 0.714. The Kier molecular flexibility index (Phi) is 3.48. The molecule has 5 rings (SSSR count). The second-order valence-corrected chi connectivity index (χ2v) is 8.89. The summed E-state index contributed by atoms with van der Waals surface area (Å²) in [6, 6.07) is 1.18. The third kappa shape index (κ3) is 2.77. The van der Waals surface area contributed by atoms with E-state index in [1.807, 2.05) is 0 Å². The first kappa shape index (κ1) is 15.4. The average molecular weight is 317 g/mol. The van der Waals surface area contributed by atoms with Crippen LogP contribution in [-0.4, -0.2) is 28.7 Å². The largest absolute Gasteiger partial charge is 0.390 e. The summed E-state index contributed by atoms with van der Waals surface area (Å²) in [5.74, 6) is 1.43. The van der Waals surface area contributed by atoms with Gasteiger partial charge in [0, 0.05) is 0 Å². The van der Waals surface area contributed by atoms with Gasteiger partial charge in [-0.1, -0.05) is 12.8 Å². The molecule has 0 saturated heterocycles. The van der Waals surface area contributed by atoms with Crippen LogP contribution in [0, 0.1) is 34.5 Å². The van der Waals surface area contributed by atoms with Crippen molar-refractivity contribution in [2.75, 3.05) is 0 Å². The lowest BCUT2D eigenvalue weighted by atomic mass is 9.46. The number of nitrogens with two attached hydrogens (primary N) is 1. The van der Waals surface area contributed by atoms with Crippen molar-refractivity contribution in [2.45, 2.75) is 75.5 Å². The van der Waals surface area contributed by atoms with Gasteiger partial charge in [-0.15, -0.1) is 0 Å². The third-order valence-electron chi connectivity index (χ3n) is 6.76. The van der Waals surface area contributed by atoms with E-state index in [2.05, 4.69) is 11.4 Å². The minimum absolute atomic E-state index is 0.192. The highest BCUT2D eigenvalue weighted by molar-refractivity contribution is 5.83. The number of amides is 1. The standard InChI is InChI=1S/C18H27N3O2/c19-9-14(4-11-1-2-11)21-16(22)15(20)17-5-12-3-13(6-17)8-18(23,7-12)10-17/h11-15,23H,1-8,10,20H2,(H,21,22). The topological polar surface area (TPSA) is 99.1 Å². The molecule has 4 N–H and O–H groups in total. The van der Waals surface area contributed by atoms with Crippen LogP contribution in [0.25, 0.3) is 0 Å². The van der Waals surface area contributed by atoms with Gasteiger partial charge in [0.15, 0.2) is 0 Å². The number of hydrogen-bond acceptors (Lipinski definition) is 4. The zero-order chi connectivity index (χ0) is 16.2. The van der Waals surface area contributed by atoms with Gasteiger partial charge >= 0.3 is 0 Å². The molecule has 0 spiro atoms. The molecule has 5 aliphatic rings. The molecule has 0 aromatic carbocycles. The Labute approximate surface area is 137 Å². The number of nitrogens with one attached hydrogen (secondary N) is 1. The molecule has 5 saturated carbocycles. The molecule has 5 aliphatic carbocycles. The van der Waals surface area contributed by atoms with E-state index >= 15 is 0 Å². The van der Waals surface area contributed by atoms with Crippen LogP contribution in [0.4, 0.5) is 0 Å². The van der Waals surface area contributed by atoms with Crippen LogP contribution >= 0.6 is 0 Å². The molecule has 23 heavy (non-hydrogen) atoms. The number of carbonyl (C=O) groups excluding carboxylic acids is 1. The molecule has 0 radical (unpaired) electrons. The number of hydrogen-bond donors (Lipinski definition) is 3. The number of aliphatic hydroxyl groups is 1. The predicted octanol–water partition coefficient (Wildman–Crippen LogP) is 1.45. The molecule has 126 valence electrons. The van der Waals surface area contributed by atoms with Gasteiger partial charge in [0.05, 0.1) is 17.7 Å². The van der Waals surface area contributed by atoms with Crippen molar-refractivity contribution in [3.63, 3.8) is 0 Å². The summed E-state index contributed by atoms with van der Waals surface area (Å²) < 4.78 is 0. The SMILES string of the molecule is N#CC(CC1CC1)NC(=O)C(N)C12CC3CC(CC(O)(C3)C1)C2. The van der Waals surface area contributed by atoms with Gasteiger partial charge in [0.1, 0.15) is 6.04 Å². The monoisotopic (exact) mass is 317 g/mol. The minimum atomic E-state index is -0.607. The number of rotatable bonds is 5. The van der Waals surface area contributed by atoms with Crippen LogP contribution in [0.3, 0.4) is 0 Å². The molecule has 0 aromatic heterocycles.